The van der Waals surface area contributed by atoms with Crippen molar-refractivity contribution in [2.24, 2.45) is 5.92 Å². The third-order valence-corrected chi connectivity index (χ3v) is 4.79. The van der Waals surface area contributed by atoms with Gasteiger partial charge in [-0.3, -0.25) is 9.69 Å². The van der Waals surface area contributed by atoms with E-state index in [1.165, 1.54) is 12.1 Å². The number of carbonyl (C=O) groups excluding carboxylic acids is 1. The lowest BCUT2D eigenvalue weighted by molar-refractivity contribution is 0.0835. The van der Waals surface area contributed by atoms with E-state index < -0.39 is 0 Å². The van der Waals surface area contributed by atoms with Gasteiger partial charge in [-0.25, -0.2) is 4.39 Å². The molecule has 2 heterocycles. The Morgan fingerprint density at radius 1 is 1.22 bits per heavy atom. The molecule has 4 rings (SSSR count). The van der Waals surface area contributed by atoms with Crippen molar-refractivity contribution in [1.82, 2.24) is 4.90 Å². The van der Waals surface area contributed by atoms with Gasteiger partial charge in [-0.2, -0.15) is 0 Å². The van der Waals surface area contributed by atoms with Crippen LogP contribution in [0.1, 0.15) is 40.9 Å². The largest absolute Gasteiger partial charge is 0.477 e. The van der Waals surface area contributed by atoms with Gasteiger partial charge in [0.2, 0.25) is 5.78 Å². The van der Waals surface area contributed by atoms with Crippen LogP contribution in [0.3, 0.4) is 0 Å². The summed E-state index contributed by atoms with van der Waals surface area (Å²) in [5, 5.41) is 0. The van der Waals surface area contributed by atoms with Crippen LogP contribution in [0.4, 0.5) is 4.39 Å². The van der Waals surface area contributed by atoms with E-state index in [2.05, 4.69) is 18.7 Å². The highest BCUT2D eigenvalue weighted by Gasteiger charge is 2.33. The van der Waals surface area contributed by atoms with Gasteiger partial charge >= 0.3 is 0 Å². The smallest absolute Gasteiger partial charge is 0.231 e. The summed E-state index contributed by atoms with van der Waals surface area (Å²) in [4.78, 5) is 15.1. The Morgan fingerprint density at radius 2 is 1.96 bits per heavy atom. The maximum absolute atomic E-state index is 13.1. The molecule has 5 heteroatoms. The number of Topliss-reactive ketones (excluding diaryl/α,β-unsaturated/α-hetero) is 1. The summed E-state index contributed by atoms with van der Waals surface area (Å²) in [5.41, 5.74) is 3.14. The average molecular weight is 367 g/mol. The van der Waals surface area contributed by atoms with Crippen LogP contribution in [-0.2, 0) is 6.54 Å². The molecule has 0 N–H and O–H groups in total. The van der Waals surface area contributed by atoms with Gasteiger partial charge in [-0.05, 0) is 42.7 Å². The van der Waals surface area contributed by atoms with Gasteiger partial charge in [0, 0.05) is 24.2 Å². The SMILES string of the molecule is Cc1c2c(cc3c1O/C(=C\c1ccc(F)cc1)C3=O)CN(CC(C)C)CO2. The van der Waals surface area contributed by atoms with Gasteiger partial charge in [0.15, 0.2) is 5.76 Å². The minimum Gasteiger partial charge on any atom is -0.477 e. The summed E-state index contributed by atoms with van der Waals surface area (Å²) in [6.07, 6.45) is 1.64. The number of ether oxygens (including phenoxy) is 2. The van der Waals surface area contributed by atoms with E-state index in [1.807, 2.05) is 13.0 Å². The van der Waals surface area contributed by atoms with E-state index >= 15 is 0 Å². The fourth-order valence-corrected chi connectivity index (χ4v) is 3.64. The molecule has 0 saturated carbocycles. The number of rotatable bonds is 3. The second-order valence-electron chi connectivity index (χ2n) is 7.54. The molecule has 140 valence electrons. The van der Waals surface area contributed by atoms with Crippen LogP contribution in [0, 0.1) is 18.7 Å². The number of hydrogen-bond acceptors (Lipinski definition) is 4. The number of halogens is 1. The van der Waals surface area contributed by atoms with Crippen LogP contribution < -0.4 is 9.47 Å². The number of benzene rings is 2. The van der Waals surface area contributed by atoms with Crippen molar-refractivity contribution in [2.75, 3.05) is 13.3 Å². The molecule has 0 fully saturated rings. The summed E-state index contributed by atoms with van der Waals surface area (Å²) in [7, 11) is 0. The predicted octanol–water partition coefficient (Wildman–Crippen LogP) is 4.56. The van der Waals surface area contributed by atoms with Crippen LogP contribution in [0.2, 0.25) is 0 Å². The van der Waals surface area contributed by atoms with Gasteiger partial charge in [0.05, 0.1) is 5.56 Å². The molecule has 2 aromatic rings. The average Bonchev–Trinajstić information content (AvgIpc) is 2.93. The minimum absolute atomic E-state index is 0.152. The van der Waals surface area contributed by atoms with E-state index in [4.69, 9.17) is 9.47 Å². The molecule has 0 bridgehead atoms. The quantitative estimate of drug-likeness (QED) is 0.746. The molecule has 0 radical (unpaired) electrons. The first-order chi connectivity index (χ1) is 12.9. The van der Waals surface area contributed by atoms with Crippen molar-refractivity contribution in [3.63, 3.8) is 0 Å². The predicted molar refractivity (Wildman–Crippen MR) is 101 cm³/mol. The van der Waals surface area contributed by atoms with Gasteiger partial charge in [0.1, 0.15) is 24.0 Å². The van der Waals surface area contributed by atoms with Gasteiger partial charge in [0.25, 0.3) is 0 Å². The van der Waals surface area contributed by atoms with Gasteiger partial charge in [-0.1, -0.05) is 26.0 Å². The maximum atomic E-state index is 13.1. The molecule has 0 spiro atoms. The first-order valence-corrected chi connectivity index (χ1v) is 9.14. The molecule has 2 aliphatic heterocycles. The Morgan fingerprint density at radius 3 is 2.67 bits per heavy atom. The van der Waals surface area contributed by atoms with Crippen LogP contribution >= 0.6 is 0 Å². The van der Waals surface area contributed by atoms with Crippen LogP contribution in [-0.4, -0.2) is 24.0 Å². The normalized spacial score (nSPS) is 17.7. The Bertz CT molecular complexity index is 932. The second-order valence-corrected chi connectivity index (χ2v) is 7.54. The van der Waals surface area contributed by atoms with Crippen molar-refractivity contribution in [3.05, 3.63) is 64.2 Å². The number of ketones is 1. The number of carbonyl (C=O) groups is 1. The Hall–Kier alpha value is -2.66. The lowest BCUT2D eigenvalue weighted by Crippen LogP contribution is -2.35. The third kappa shape index (κ3) is 3.35. The Balaban J connectivity index is 1.66. The number of nitrogens with zero attached hydrogens (tertiary/aromatic N) is 1. The number of allylic oxidation sites excluding steroid dienone is 1. The maximum Gasteiger partial charge on any atom is 0.231 e. The zero-order valence-electron chi connectivity index (χ0n) is 15.7. The van der Waals surface area contributed by atoms with E-state index in [0.717, 1.165) is 30.0 Å². The first kappa shape index (κ1) is 17.7. The molecule has 0 atom stereocenters. The van der Waals surface area contributed by atoms with Crippen molar-refractivity contribution < 1.29 is 18.7 Å². The topological polar surface area (TPSA) is 38.8 Å². The fourth-order valence-electron chi connectivity index (χ4n) is 3.64. The molecule has 0 aromatic heterocycles. The summed E-state index contributed by atoms with van der Waals surface area (Å²) in [6, 6.07) is 7.84. The highest BCUT2D eigenvalue weighted by molar-refractivity contribution is 6.15. The summed E-state index contributed by atoms with van der Waals surface area (Å²) < 4.78 is 24.9. The molecule has 4 nitrogen and oxygen atoms in total. The highest BCUT2D eigenvalue weighted by atomic mass is 19.1. The van der Waals surface area contributed by atoms with Crippen molar-refractivity contribution in [2.45, 2.75) is 27.3 Å². The Kier molecular flexibility index (Phi) is 4.48. The Labute approximate surface area is 158 Å². The molecule has 2 aromatic carbocycles. The molecule has 27 heavy (non-hydrogen) atoms. The van der Waals surface area contributed by atoms with E-state index in [-0.39, 0.29) is 17.4 Å². The number of hydrogen-bond donors (Lipinski definition) is 0. The zero-order valence-corrected chi connectivity index (χ0v) is 15.7. The minimum atomic E-state index is -0.314. The van der Waals surface area contributed by atoms with Gasteiger partial charge < -0.3 is 9.47 Å². The zero-order chi connectivity index (χ0) is 19.1. The first-order valence-electron chi connectivity index (χ1n) is 9.14. The summed E-state index contributed by atoms with van der Waals surface area (Å²) in [5.74, 6) is 1.70. The lowest BCUT2D eigenvalue weighted by Gasteiger charge is -2.31. The molecular weight excluding hydrogens is 345 g/mol. The van der Waals surface area contributed by atoms with Crippen molar-refractivity contribution >= 4 is 11.9 Å². The fraction of sp³-hybridized carbons (Fsp3) is 0.318. The van der Waals surface area contributed by atoms with Crippen molar-refractivity contribution in [1.29, 1.82) is 0 Å². The second kappa shape index (κ2) is 6.82. The van der Waals surface area contributed by atoms with Crippen LogP contribution in [0.15, 0.2) is 36.1 Å². The van der Waals surface area contributed by atoms with Crippen LogP contribution in [0.5, 0.6) is 11.5 Å². The van der Waals surface area contributed by atoms with E-state index in [9.17, 15) is 9.18 Å². The van der Waals surface area contributed by atoms with E-state index in [0.29, 0.717) is 29.5 Å². The monoisotopic (exact) mass is 367 g/mol. The summed E-state index contributed by atoms with van der Waals surface area (Å²) >= 11 is 0. The highest BCUT2D eigenvalue weighted by Crippen LogP contribution is 2.43. The molecule has 0 aliphatic carbocycles. The molecular formula is C22H22FNO3. The van der Waals surface area contributed by atoms with Crippen molar-refractivity contribution in [3.8, 4) is 11.5 Å². The molecule has 0 amide bonds. The number of fused-ring (bicyclic) bond motifs is 2. The molecule has 2 aliphatic rings. The van der Waals surface area contributed by atoms with Crippen LogP contribution in [0.25, 0.3) is 6.08 Å². The van der Waals surface area contributed by atoms with E-state index in [1.54, 1.807) is 18.2 Å². The molecule has 0 unspecified atom stereocenters. The lowest BCUT2D eigenvalue weighted by atomic mass is 9.99. The molecule has 0 saturated heterocycles. The third-order valence-electron chi connectivity index (χ3n) is 4.79. The van der Waals surface area contributed by atoms with Gasteiger partial charge in [-0.15, -0.1) is 0 Å². The summed E-state index contributed by atoms with van der Waals surface area (Å²) in [6.45, 7) is 8.50. The standard InChI is InChI=1S/C22H22FNO3/c1-13(2)10-24-11-16-9-18-20(25)19(8-15-4-6-17(23)7-5-15)27-22(18)14(3)21(16)26-12-24/h4-9,13H,10-12H2,1-3H3/b19-8-.